The summed E-state index contributed by atoms with van der Waals surface area (Å²) in [6, 6.07) is 0. The van der Waals surface area contributed by atoms with E-state index in [4.69, 9.17) is 0 Å². The summed E-state index contributed by atoms with van der Waals surface area (Å²) in [5, 5.41) is 18.0. The lowest BCUT2D eigenvalue weighted by atomic mass is 10.1. The lowest BCUT2D eigenvalue weighted by molar-refractivity contribution is -0.140. The van der Waals surface area contributed by atoms with Gasteiger partial charge in [0, 0.05) is 38.8 Å². The van der Waals surface area contributed by atoms with E-state index in [1.807, 2.05) is 0 Å². The van der Waals surface area contributed by atoms with E-state index in [2.05, 4.69) is 0 Å². The van der Waals surface area contributed by atoms with Crippen molar-refractivity contribution in [3.63, 3.8) is 0 Å². The third-order valence-electron chi connectivity index (χ3n) is 7.84. The van der Waals surface area contributed by atoms with Crippen molar-refractivity contribution >= 4 is 57.2 Å². The van der Waals surface area contributed by atoms with Gasteiger partial charge >= 0.3 is 11.9 Å². The normalized spacial score (nSPS) is 17.0. The van der Waals surface area contributed by atoms with Crippen LogP contribution in [0.3, 0.4) is 0 Å². The van der Waals surface area contributed by atoms with Gasteiger partial charge < -0.3 is 10.2 Å². The molecule has 0 spiro atoms. The van der Waals surface area contributed by atoms with Crippen molar-refractivity contribution in [3.8, 4) is 0 Å². The van der Waals surface area contributed by atoms with Gasteiger partial charge in [-0.25, -0.2) is 0 Å². The van der Waals surface area contributed by atoms with Crippen LogP contribution >= 0.6 is 21.6 Å². The number of rotatable bonds is 25. The van der Waals surface area contributed by atoms with Gasteiger partial charge in [-0.2, -0.15) is 0 Å². The molecule has 2 unspecified atom stereocenters. The summed E-state index contributed by atoms with van der Waals surface area (Å²) >= 11 is 0. The minimum atomic E-state index is -0.902. The quantitative estimate of drug-likeness (QED) is 0.0720. The topological polar surface area (TPSA) is 149 Å². The van der Waals surface area contributed by atoms with Crippen molar-refractivity contribution < 1.29 is 39.0 Å². The van der Waals surface area contributed by atoms with Crippen LogP contribution in [0, 0.1) is 0 Å². The molecule has 2 heterocycles. The Morgan fingerprint density at radius 1 is 0.500 bits per heavy atom. The molecule has 42 heavy (non-hydrogen) atoms. The van der Waals surface area contributed by atoms with Crippen molar-refractivity contribution in [1.82, 2.24) is 9.80 Å². The summed E-state index contributed by atoms with van der Waals surface area (Å²) < 4.78 is 0. The first-order valence-electron chi connectivity index (χ1n) is 15.6. The van der Waals surface area contributed by atoms with E-state index >= 15 is 0 Å². The van der Waals surface area contributed by atoms with E-state index in [1.54, 1.807) is 0 Å². The molecule has 2 atom stereocenters. The van der Waals surface area contributed by atoms with Crippen LogP contribution in [0.25, 0.3) is 0 Å². The zero-order valence-corrected chi connectivity index (χ0v) is 26.4. The molecule has 238 valence electrons. The molecule has 2 N–H and O–H groups in total. The number of nitrogens with zero attached hydrogens (tertiary/aromatic N) is 2. The first-order valence-corrected chi connectivity index (χ1v) is 17.9. The van der Waals surface area contributed by atoms with Gasteiger partial charge in [0.1, 0.15) is 10.5 Å². The molecule has 0 aliphatic carbocycles. The Balaban J connectivity index is 1.47. The second-order valence-corrected chi connectivity index (χ2v) is 13.9. The number of hydrogen-bond acceptors (Lipinski definition) is 8. The van der Waals surface area contributed by atoms with E-state index in [0.717, 1.165) is 89.9 Å². The standard InChI is InChI=1S/C30H48N2O8S2/c33-25-17-18-26(34)31(25)21-13-9-5-1-3-7-11-15-23(29(37)38)41-42-24(30(39)40)16-12-8-4-2-6-10-14-22-32-27(35)19-20-28(32)36/h23-24H,1-22H2,(H,37,38)(H,39,40). The molecule has 2 fully saturated rings. The lowest BCUT2D eigenvalue weighted by Gasteiger charge is -2.15. The van der Waals surface area contributed by atoms with Gasteiger partial charge in [0.05, 0.1) is 0 Å². The average Bonchev–Trinajstić information content (AvgIpc) is 3.45. The first-order chi connectivity index (χ1) is 20.2. The fourth-order valence-corrected chi connectivity index (χ4v) is 8.11. The van der Waals surface area contributed by atoms with Gasteiger partial charge in [0.25, 0.3) is 0 Å². The zero-order valence-electron chi connectivity index (χ0n) is 24.8. The molecule has 0 aromatic heterocycles. The molecule has 0 aromatic rings. The Bertz CT molecular complexity index is 812. The number of unbranched alkanes of at least 4 members (excludes halogenated alkanes) is 12. The number of carbonyl (C=O) groups is 6. The van der Waals surface area contributed by atoms with Crippen molar-refractivity contribution in [2.24, 2.45) is 0 Å². The summed E-state index contributed by atoms with van der Waals surface area (Å²) in [6.07, 6.45) is 15.5. The molecule has 2 rings (SSSR count). The van der Waals surface area contributed by atoms with Crippen LogP contribution in [-0.2, 0) is 28.8 Å². The van der Waals surface area contributed by atoms with Crippen LogP contribution in [0.2, 0.25) is 0 Å². The predicted octanol–water partition coefficient (Wildman–Crippen LogP) is 5.81. The third kappa shape index (κ3) is 13.9. The molecule has 0 saturated carbocycles. The number of carboxylic acids is 2. The van der Waals surface area contributed by atoms with E-state index in [0.29, 0.717) is 51.6 Å². The molecule has 0 radical (unpaired) electrons. The van der Waals surface area contributed by atoms with Gasteiger partial charge in [0.2, 0.25) is 23.6 Å². The summed E-state index contributed by atoms with van der Waals surface area (Å²) in [5.41, 5.74) is 0. The number of carboxylic acid groups (broad SMARTS) is 2. The van der Waals surface area contributed by atoms with Crippen molar-refractivity contribution in [2.45, 2.75) is 139 Å². The highest BCUT2D eigenvalue weighted by Gasteiger charge is 2.29. The molecule has 10 nitrogen and oxygen atoms in total. The number of aliphatic carboxylic acids is 2. The van der Waals surface area contributed by atoms with Crippen molar-refractivity contribution in [3.05, 3.63) is 0 Å². The summed E-state index contributed by atoms with van der Waals surface area (Å²) in [7, 11) is 2.33. The highest BCUT2D eigenvalue weighted by Crippen LogP contribution is 2.36. The number of imide groups is 2. The average molecular weight is 629 g/mol. The lowest BCUT2D eigenvalue weighted by Crippen LogP contribution is -2.29. The first kappa shape index (κ1) is 36.1. The Morgan fingerprint density at radius 2 is 0.762 bits per heavy atom. The molecule has 2 aliphatic heterocycles. The van der Waals surface area contributed by atoms with Gasteiger partial charge in [-0.05, 0) is 25.7 Å². The Morgan fingerprint density at radius 3 is 1.05 bits per heavy atom. The smallest absolute Gasteiger partial charge is 0.317 e. The predicted molar refractivity (Wildman–Crippen MR) is 164 cm³/mol. The van der Waals surface area contributed by atoms with Crippen LogP contribution in [0.4, 0.5) is 0 Å². The minimum Gasteiger partial charge on any atom is -0.480 e. The summed E-state index contributed by atoms with van der Waals surface area (Å²) in [5.74, 6) is -2.06. The molecule has 4 amide bonds. The second-order valence-electron chi connectivity index (χ2n) is 11.3. The molecule has 2 aliphatic rings. The molecular formula is C30H48N2O8S2. The largest absolute Gasteiger partial charge is 0.480 e. The van der Waals surface area contributed by atoms with Gasteiger partial charge in [0.15, 0.2) is 0 Å². The number of likely N-dealkylation sites (tertiary alicyclic amines) is 2. The van der Waals surface area contributed by atoms with Gasteiger partial charge in [-0.15, -0.1) is 0 Å². The van der Waals surface area contributed by atoms with E-state index in [-0.39, 0.29) is 23.6 Å². The maximum absolute atomic E-state index is 11.7. The van der Waals surface area contributed by atoms with Crippen molar-refractivity contribution in [1.29, 1.82) is 0 Å². The fourth-order valence-electron chi connectivity index (χ4n) is 5.27. The van der Waals surface area contributed by atoms with E-state index in [9.17, 15) is 39.0 Å². The summed E-state index contributed by atoms with van der Waals surface area (Å²) in [6.45, 7) is 1.03. The van der Waals surface area contributed by atoms with E-state index < -0.39 is 22.4 Å². The highest BCUT2D eigenvalue weighted by atomic mass is 33.1. The van der Waals surface area contributed by atoms with Gasteiger partial charge in [-0.1, -0.05) is 98.6 Å². The Kier molecular flexibility index (Phi) is 17.9. The Hall–Kier alpha value is -2.08. The molecule has 12 heteroatoms. The molecular weight excluding hydrogens is 580 g/mol. The third-order valence-corrected chi connectivity index (χ3v) is 11.0. The Labute approximate surface area is 257 Å². The summed E-state index contributed by atoms with van der Waals surface area (Å²) in [4.78, 5) is 72.6. The number of hydrogen-bond donors (Lipinski definition) is 2. The van der Waals surface area contributed by atoms with Gasteiger partial charge in [-0.3, -0.25) is 38.6 Å². The maximum Gasteiger partial charge on any atom is 0.317 e. The zero-order chi connectivity index (χ0) is 30.7. The molecule has 2 saturated heterocycles. The van der Waals surface area contributed by atoms with Crippen molar-refractivity contribution in [2.75, 3.05) is 13.1 Å². The van der Waals surface area contributed by atoms with Crippen LogP contribution in [-0.4, -0.2) is 79.2 Å². The monoisotopic (exact) mass is 628 g/mol. The number of carbonyl (C=O) groups excluding carboxylic acids is 4. The fraction of sp³-hybridized carbons (Fsp3) is 0.800. The number of amides is 4. The second kappa shape index (κ2) is 20.8. The van der Waals surface area contributed by atoms with E-state index in [1.165, 1.54) is 31.4 Å². The SMILES string of the molecule is O=C(O)C(CCCCCCCCCN1C(=O)CCC1=O)SSC(CCCCCCCCCN1C(=O)CCC1=O)C(=O)O. The van der Waals surface area contributed by atoms with Crippen LogP contribution in [0.1, 0.15) is 128 Å². The van der Waals surface area contributed by atoms with Crippen LogP contribution < -0.4 is 0 Å². The molecule has 0 bridgehead atoms. The molecule has 0 aromatic carbocycles. The van der Waals surface area contributed by atoms with Crippen LogP contribution in [0.15, 0.2) is 0 Å². The van der Waals surface area contributed by atoms with Crippen LogP contribution in [0.5, 0.6) is 0 Å². The maximum atomic E-state index is 11.7. The minimum absolute atomic E-state index is 0.0634. The highest BCUT2D eigenvalue weighted by molar-refractivity contribution is 8.77.